The Balaban J connectivity index is 0.000000105. The number of fused-ring (bicyclic) bond motifs is 23. The molecule has 0 radical (unpaired) electrons. The summed E-state index contributed by atoms with van der Waals surface area (Å²) < 4.78 is 33.4. The molecule has 0 unspecified atom stereocenters. The van der Waals surface area contributed by atoms with Crippen molar-refractivity contribution in [2.75, 3.05) is 0 Å². The third-order valence-electron chi connectivity index (χ3n) is 28.0. The van der Waals surface area contributed by atoms with E-state index in [9.17, 15) is 0 Å². The minimum atomic E-state index is 0.690. The number of furan rings is 4. The van der Waals surface area contributed by atoms with Gasteiger partial charge in [0, 0.05) is 149 Å². The molecule has 0 aliphatic rings. The molecule has 0 saturated carbocycles. The predicted octanol–water partition coefficient (Wildman–Crippen LogP) is 35.1. The number of benzene rings is 20. The molecule has 668 valence electrons. The molecule has 0 amide bonds. The van der Waals surface area contributed by atoms with Crippen LogP contribution in [0.15, 0.2) is 503 Å². The van der Waals surface area contributed by atoms with Crippen molar-refractivity contribution in [3.05, 3.63) is 485 Å². The topological polar surface area (TPSA) is 132 Å². The van der Waals surface area contributed by atoms with Gasteiger partial charge in [-0.05, 0) is 144 Å². The molecular weight excluding hydrogens is 1750 g/mol. The quantitative estimate of drug-likeness (QED) is 0.117. The summed E-state index contributed by atoms with van der Waals surface area (Å²) in [6.45, 7) is 0. The molecule has 10 aromatic heterocycles. The highest BCUT2D eigenvalue weighted by Gasteiger charge is 2.27. The van der Waals surface area contributed by atoms with E-state index in [-0.39, 0.29) is 0 Å². The van der Waals surface area contributed by atoms with Crippen molar-refractivity contribution >= 4 is 164 Å². The summed E-state index contributed by atoms with van der Waals surface area (Å²) in [7, 11) is 0. The van der Waals surface area contributed by atoms with Crippen LogP contribution in [0.5, 0.6) is 0 Å². The molecule has 0 atom stereocenters. The number of hydrogen-bond acceptors (Lipinski definition) is 9. The van der Waals surface area contributed by atoms with Crippen LogP contribution in [0.25, 0.3) is 282 Å². The smallest absolute Gasteiger partial charge is 0.160 e. The van der Waals surface area contributed by atoms with E-state index in [0.29, 0.717) is 11.6 Å². The molecule has 12 heteroatoms. The van der Waals surface area contributed by atoms with E-state index >= 15 is 0 Å². The van der Waals surface area contributed by atoms with Crippen molar-refractivity contribution in [3.63, 3.8) is 0 Å². The number of para-hydroxylation sites is 6. The van der Waals surface area contributed by atoms with Gasteiger partial charge < -0.3 is 31.4 Å². The van der Waals surface area contributed by atoms with Gasteiger partial charge in [0.1, 0.15) is 39.1 Å². The summed E-state index contributed by atoms with van der Waals surface area (Å²) in [4.78, 5) is 25.4. The Bertz CT molecular complexity index is 10100. The van der Waals surface area contributed by atoms with E-state index < -0.39 is 0 Å². The van der Waals surface area contributed by atoms with Crippen molar-refractivity contribution in [3.8, 4) is 118 Å². The molecule has 143 heavy (non-hydrogen) atoms. The van der Waals surface area contributed by atoms with Gasteiger partial charge in [-0.3, -0.25) is 0 Å². The number of hydrogen-bond donors (Lipinski definition) is 0. The molecule has 0 N–H and O–H groups in total. The van der Waals surface area contributed by atoms with Gasteiger partial charge >= 0.3 is 0 Å². The van der Waals surface area contributed by atoms with Gasteiger partial charge in [-0.2, -0.15) is 0 Å². The fourth-order valence-corrected chi connectivity index (χ4v) is 21.5. The fourth-order valence-electron chi connectivity index (χ4n) is 21.5. The van der Waals surface area contributed by atoms with Crippen LogP contribution in [-0.4, -0.2) is 38.6 Å². The summed E-state index contributed by atoms with van der Waals surface area (Å²) in [5.41, 5.74) is 33.9. The molecular formula is C131H80N8O4. The first-order valence-corrected chi connectivity index (χ1v) is 48.1. The highest BCUT2D eigenvalue weighted by molar-refractivity contribution is 6.23. The Kier molecular flexibility index (Phi) is 19.3. The molecule has 30 aromatic rings. The van der Waals surface area contributed by atoms with Gasteiger partial charge in [-0.25, -0.2) is 24.9 Å². The lowest BCUT2D eigenvalue weighted by molar-refractivity contribution is 0.668. The van der Waals surface area contributed by atoms with E-state index in [0.717, 1.165) is 216 Å². The van der Waals surface area contributed by atoms with Gasteiger partial charge in [0.2, 0.25) is 0 Å². The van der Waals surface area contributed by atoms with Crippen LogP contribution in [0.2, 0.25) is 0 Å². The number of pyridine rings is 1. The van der Waals surface area contributed by atoms with E-state index in [1.165, 1.54) is 54.7 Å². The lowest BCUT2D eigenvalue weighted by atomic mass is 9.96. The van der Waals surface area contributed by atoms with Crippen LogP contribution >= 0.6 is 0 Å². The van der Waals surface area contributed by atoms with Crippen LogP contribution in [0.1, 0.15) is 0 Å². The van der Waals surface area contributed by atoms with Gasteiger partial charge in [0.25, 0.3) is 0 Å². The lowest BCUT2D eigenvalue weighted by Crippen LogP contribution is -1.96. The zero-order chi connectivity index (χ0) is 94.1. The van der Waals surface area contributed by atoms with Crippen molar-refractivity contribution in [2.45, 2.75) is 0 Å². The zero-order valence-electron chi connectivity index (χ0n) is 76.9. The fraction of sp³-hybridized carbons (Fsp3) is 0. The van der Waals surface area contributed by atoms with Crippen molar-refractivity contribution in [2.24, 2.45) is 0 Å². The molecule has 30 rings (SSSR count). The zero-order valence-corrected chi connectivity index (χ0v) is 76.9. The summed E-state index contributed by atoms with van der Waals surface area (Å²) in [5, 5.41) is 16.9. The number of rotatable bonds is 12. The summed E-state index contributed by atoms with van der Waals surface area (Å²) in [6.07, 6.45) is 0. The van der Waals surface area contributed by atoms with Gasteiger partial charge in [-0.1, -0.05) is 346 Å². The highest BCUT2D eigenvalue weighted by Crippen LogP contribution is 2.48. The monoisotopic (exact) mass is 1830 g/mol. The second kappa shape index (κ2) is 33.8. The SMILES string of the molecule is c1ccc(-c2cc(-c3cccc4oc5cc(-n6c7ccccc7c7ccc8c9ccccc9oc8c76)ccc5c34)nc3ccccc23)cc1.c1ccc(-c2cc(-c3cccc4oc5cc(-n6c7ccccc7c7ccccc76)ccc5c34)nc(-c3ccccc3)n2)cc1.c1ccc(-c2ccc3c4ccccc4n(-c4ccc5c(c4)oc4cccc(-c6cc(-c7ccccc7)nc(-c7ccccc7)n6)c45)c3c2)cc1. The summed E-state index contributed by atoms with van der Waals surface area (Å²) in [5.74, 6) is 1.38. The molecule has 0 spiro atoms. The van der Waals surface area contributed by atoms with E-state index in [1.807, 2.05) is 109 Å². The molecule has 0 fully saturated rings. The molecule has 12 nitrogen and oxygen atoms in total. The second-order valence-electron chi connectivity index (χ2n) is 36.3. The average molecular weight is 1830 g/mol. The molecule has 0 bridgehead atoms. The Labute approximate surface area is 818 Å². The van der Waals surface area contributed by atoms with E-state index in [4.69, 9.17) is 42.6 Å². The molecule has 10 heterocycles. The normalized spacial score (nSPS) is 11.8. The summed E-state index contributed by atoms with van der Waals surface area (Å²) in [6, 6.07) is 169. The van der Waals surface area contributed by atoms with Gasteiger partial charge in [0.05, 0.1) is 72.8 Å². The Morgan fingerprint density at radius 3 is 0.972 bits per heavy atom. The van der Waals surface area contributed by atoms with Gasteiger partial charge in [-0.15, -0.1) is 0 Å². The van der Waals surface area contributed by atoms with Crippen LogP contribution in [0, 0.1) is 0 Å². The van der Waals surface area contributed by atoms with Crippen molar-refractivity contribution in [1.29, 1.82) is 0 Å². The Hall–Kier alpha value is -19.4. The minimum Gasteiger partial charge on any atom is -0.456 e. The lowest BCUT2D eigenvalue weighted by Gasteiger charge is -2.11. The third-order valence-corrected chi connectivity index (χ3v) is 28.0. The van der Waals surface area contributed by atoms with Crippen molar-refractivity contribution in [1.82, 2.24) is 38.6 Å². The first kappa shape index (κ1) is 81.9. The standard InChI is InChI=1S/C46H29N3O.C45H26N2O2.C40H25N3O/c1-4-13-30(14-5-1)33-23-25-36-35-19-10-11-21-41(35)49(42(36)27-33)34-24-26-38-44(28-34)50-43-22-12-20-37(45(38)43)40-29-39(31-15-6-2-7-16-31)47-46(48-40)32-17-8-3-9-18-32;1-2-11-27(12-3-1)36-26-38(46-37-17-7-4-13-29(36)37)34-16-10-20-41-43(34)35-22-21-28(25-42(35)48-41)47-39-18-8-5-14-30(39)32-23-24-33-31-15-6-9-19-40(31)49-45(33)44(32)47;1-3-12-26(13-4-1)33-25-34(42-40(41-33)27-14-5-2-6-15-27)31-18-11-21-37-39(31)32-23-22-28(24-38(32)44-37)43-35-19-9-7-16-29(35)30-17-8-10-20-36(30)43/h1-29H;1-26H;1-25H. The van der Waals surface area contributed by atoms with E-state index in [1.54, 1.807) is 0 Å². The molecule has 0 aliphatic carbocycles. The average Bonchev–Trinajstić information content (AvgIpc) is 1.56. The highest BCUT2D eigenvalue weighted by atomic mass is 16.3. The molecule has 20 aromatic carbocycles. The Morgan fingerprint density at radius 1 is 0.161 bits per heavy atom. The molecule has 0 aliphatic heterocycles. The second-order valence-corrected chi connectivity index (χ2v) is 36.3. The maximum atomic E-state index is 6.65. The predicted molar refractivity (Wildman–Crippen MR) is 587 cm³/mol. The molecule has 0 saturated heterocycles. The Morgan fingerprint density at radius 2 is 0.497 bits per heavy atom. The third kappa shape index (κ3) is 13.9. The van der Waals surface area contributed by atoms with Crippen LogP contribution in [-0.2, 0) is 0 Å². The number of nitrogens with zero attached hydrogens (tertiary/aromatic N) is 8. The van der Waals surface area contributed by atoms with E-state index in [2.05, 4.69) is 390 Å². The maximum Gasteiger partial charge on any atom is 0.160 e. The first-order chi connectivity index (χ1) is 70.9. The minimum absolute atomic E-state index is 0.690. The van der Waals surface area contributed by atoms with Crippen LogP contribution in [0.4, 0.5) is 0 Å². The maximum absolute atomic E-state index is 6.65. The largest absolute Gasteiger partial charge is 0.456 e. The van der Waals surface area contributed by atoms with Crippen LogP contribution in [0.3, 0.4) is 0 Å². The first-order valence-electron chi connectivity index (χ1n) is 48.1. The summed E-state index contributed by atoms with van der Waals surface area (Å²) >= 11 is 0. The number of aromatic nitrogens is 8. The van der Waals surface area contributed by atoms with Crippen molar-refractivity contribution < 1.29 is 17.7 Å². The van der Waals surface area contributed by atoms with Crippen LogP contribution < -0.4 is 0 Å². The van der Waals surface area contributed by atoms with Gasteiger partial charge in [0.15, 0.2) is 17.2 Å².